The van der Waals surface area contributed by atoms with E-state index < -0.39 is 7.26 Å². The van der Waals surface area contributed by atoms with Crippen LogP contribution in [-0.2, 0) is 0 Å². The fourth-order valence-corrected chi connectivity index (χ4v) is 8.44. The van der Waals surface area contributed by atoms with Crippen molar-refractivity contribution in [3.05, 3.63) is 126 Å². The number of aryl methyl sites for hydroxylation is 1. The zero-order valence-electron chi connectivity index (χ0n) is 18.2. The minimum atomic E-state index is -1.89. The van der Waals surface area contributed by atoms with Crippen molar-refractivity contribution in [2.45, 2.75) is 13.3 Å². The summed E-state index contributed by atoms with van der Waals surface area (Å²) in [5, 5.41) is 8.35. The second-order valence-electron chi connectivity index (χ2n) is 7.73. The molecule has 0 aromatic heterocycles. The number of benzene rings is 4. The lowest BCUT2D eigenvalue weighted by atomic mass is 10.1. The van der Waals surface area contributed by atoms with Crippen LogP contribution in [0.3, 0.4) is 0 Å². The van der Waals surface area contributed by atoms with E-state index in [1.807, 2.05) is 0 Å². The summed E-state index contributed by atoms with van der Waals surface area (Å²) in [7, 11) is -1.89. The van der Waals surface area contributed by atoms with Gasteiger partial charge in [0.15, 0.2) is 0 Å². The molecule has 0 saturated heterocycles. The molecule has 0 aliphatic rings. The van der Waals surface area contributed by atoms with Crippen LogP contribution < -0.4 is 38.7 Å². The maximum absolute atomic E-state index is 5.89. The first-order valence-corrected chi connectivity index (χ1v) is 12.6. The summed E-state index contributed by atoms with van der Waals surface area (Å²) in [6.07, 6.45) is 1.78. The smallest absolute Gasteiger partial charge is 0.112 e. The minimum Gasteiger partial charge on any atom is -1.00 e. The van der Waals surface area contributed by atoms with E-state index in [9.17, 15) is 0 Å². The number of nitrogens with two attached hydrogens (primary N) is 1. The summed E-state index contributed by atoms with van der Waals surface area (Å²) >= 11 is 0. The van der Waals surface area contributed by atoms with Gasteiger partial charge in [-0.3, -0.25) is 0 Å². The Balaban J connectivity index is 0.00000289. The number of hydrogen-bond acceptors (Lipinski definition) is 2. The molecule has 4 aromatic rings. The van der Waals surface area contributed by atoms with E-state index in [1.165, 1.54) is 21.5 Å². The first-order chi connectivity index (χ1) is 15.2. The van der Waals surface area contributed by atoms with Crippen LogP contribution in [0.15, 0.2) is 120 Å². The van der Waals surface area contributed by atoms with Gasteiger partial charge in [0.1, 0.15) is 23.2 Å². The molecule has 162 valence electrons. The van der Waals surface area contributed by atoms with Gasteiger partial charge in [0, 0.05) is 6.42 Å². The number of hydrazone groups is 1. The first-order valence-electron chi connectivity index (χ1n) is 10.6. The number of nitrogens with zero attached hydrogens (tertiary/aromatic N) is 1. The Morgan fingerprint density at radius 3 is 1.44 bits per heavy atom. The van der Waals surface area contributed by atoms with Gasteiger partial charge in [0.25, 0.3) is 0 Å². The maximum Gasteiger partial charge on any atom is 0.112 e. The van der Waals surface area contributed by atoms with Gasteiger partial charge in [-0.15, -0.1) is 0 Å². The van der Waals surface area contributed by atoms with E-state index in [0.717, 1.165) is 23.9 Å². The van der Waals surface area contributed by atoms with E-state index in [-0.39, 0.29) is 17.0 Å². The topological polar surface area (TPSA) is 38.4 Å². The van der Waals surface area contributed by atoms with E-state index in [0.29, 0.717) is 0 Å². The van der Waals surface area contributed by atoms with Crippen LogP contribution in [0.5, 0.6) is 0 Å². The van der Waals surface area contributed by atoms with Crippen LogP contribution in [0.25, 0.3) is 0 Å². The standard InChI is InChI=1S/C28H28N2P.BrH/c1-23-17-19-24(20-18-23)28(30-29)21-22-31(25-11-5-2-6-12-25,26-13-7-3-8-14-26)27-15-9-4-10-16-27;/h2-20H,21-22,29H2,1H3;1H/q+1;/p-1/b30-28+;. The van der Waals surface area contributed by atoms with Crippen LogP contribution >= 0.6 is 7.26 Å². The fraction of sp³-hybridized carbons (Fsp3) is 0.107. The van der Waals surface area contributed by atoms with E-state index in [1.54, 1.807) is 0 Å². The lowest BCUT2D eigenvalue weighted by Crippen LogP contribution is -3.00. The van der Waals surface area contributed by atoms with Gasteiger partial charge in [-0.2, -0.15) is 5.10 Å². The van der Waals surface area contributed by atoms with Gasteiger partial charge in [0.2, 0.25) is 0 Å². The molecule has 2 nitrogen and oxygen atoms in total. The molecule has 0 unspecified atom stereocenters. The second kappa shape index (κ2) is 11.2. The second-order valence-corrected chi connectivity index (χ2v) is 11.3. The summed E-state index contributed by atoms with van der Waals surface area (Å²) in [6, 6.07) is 41.3. The Morgan fingerprint density at radius 2 is 1.06 bits per heavy atom. The van der Waals surface area contributed by atoms with Crippen molar-refractivity contribution < 1.29 is 17.0 Å². The molecule has 0 saturated carbocycles. The average molecular weight is 503 g/mol. The molecule has 4 aromatic carbocycles. The van der Waals surface area contributed by atoms with Crippen LogP contribution in [0.4, 0.5) is 0 Å². The van der Waals surface area contributed by atoms with Crippen LogP contribution in [-0.4, -0.2) is 11.9 Å². The Kier molecular flexibility index (Phi) is 8.39. The molecular formula is C28H28BrN2P. The van der Waals surface area contributed by atoms with Crippen molar-refractivity contribution in [3.63, 3.8) is 0 Å². The van der Waals surface area contributed by atoms with Gasteiger partial charge in [-0.25, -0.2) is 0 Å². The van der Waals surface area contributed by atoms with Crippen LogP contribution in [0, 0.1) is 6.92 Å². The molecule has 0 bridgehead atoms. The van der Waals surface area contributed by atoms with Crippen molar-refractivity contribution in [2.24, 2.45) is 10.9 Å². The third kappa shape index (κ3) is 5.01. The molecule has 4 rings (SSSR count). The average Bonchev–Trinajstić information content (AvgIpc) is 2.85. The molecule has 4 heteroatoms. The molecule has 0 aliphatic carbocycles. The zero-order valence-corrected chi connectivity index (χ0v) is 20.7. The number of hydrogen-bond donors (Lipinski definition) is 1. The Bertz CT molecular complexity index is 1030. The highest BCUT2D eigenvalue weighted by molar-refractivity contribution is 7.95. The maximum atomic E-state index is 5.89. The lowest BCUT2D eigenvalue weighted by molar-refractivity contribution is -0.00000619. The summed E-state index contributed by atoms with van der Waals surface area (Å²) < 4.78 is 0. The first kappa shape index (κ1) is 23.9. The summed E-state index contributed by atoms with van der Waals surface area (Å²) in [4.78, 5) is 0. The Morgan fingerprint density at radius 1 is 0.656 bits per heavy atom. The van der Waals surface area contributed by atoms with Crippen LogP contribution in [0.1, 0.15) is 17.5 Å². The van der Waals surface area contributed by atoms with Gasteiger partial charge < -0.3 is 22.8 Å². The Hall–Kier alpha value is -2.74. The molecule has 0 amide bonds. The monoisotopic (exact) mass is 502 g/mol. The van der Waals surface area contributed by atoms with E-state index in [2.05, 4.69) is 127 Å². The van der Waals surface area contributed by atoms with Crippen molar-refractivity contribution in [2.75, 3.05) is 6.16 Å². The van der Waals surface area contributed by atoms with Crippen LogP contribution in [0.2, 0.25) is 0 Å². The van der Waals surface area contributed by atoms with Gasteiger partial charge >= 0.3 is 0 Å². The van der Waals surface area contributed by atoms with Crippen molar-refractivity contribution in [1.82, 2.24) is 0 Å². The third-order valence-corrected chi connectivity index (χ3v) is 10.2. The molecule has 0 aliphatic heterocycles. The highest BCUT2D eigenvalue weighted by Crippen LogP contribution is 2.55. The largest absolute Gasteiger partial charge is 1.00 e. The predicted octanol–water partition coefficient (Wildman–Crippen LogP) is 2.05. The fourth-order valence-electron chi connectivity index (χ4n) is 4.18. The van der Waals surface area contributed by atoms with E-state index >= 15 is 0 Å². The van der Waals surface area contributed by atoms with Gasteiger partial charge in [-0.05, 0) is 48.9 Å². The molecule has 2 N–H and O–H groups in total. The normalized spacial score (nSPS) is 11.6. The lowest BCUT2D eigenvalue weighted by Gasteiger charge is -2.28. The Labute approximate surface area is 202 Å². The molecule has 0 radical (unpaired) electrons. The summed E-state index contributed by atoms with van der Waals surface area (Å²) in [5.41, 5.74) is 3.28. The van der Waals surface area contributed by atoms with Gasteiger partial charge in [-0.1, -0.05) is 84.4 Å². The SMILES string of the molecule is Cc1ccc(/C(CC[P+](c2ccccc2)(c2ccccc2)c2ccccc2)=N/N)cc1.[Br-]. The van der Waals surface area contributed by atoms with E-state index in [4.69, 9.17) is 5.84 Å². The minimum absolute atomic E-state index is 0. The molecule has 0 spiro atoms. The highest BCUT2D eigenvalue weighted by atomic mass is 79.9. The summed E-state index contributed by atoms with van der Waals surface area (Å²) in [5.74, 6) is 5.89. The van der Waals surface area contributed by atoms with Crippen molar-refractivity contribution in [1.29, 1.82) is 0 Å². The number of halogens is 1. The molecule has 0 atom stereocenters. The van der Waals surface area contributed by atoms with Crippen molar-refractivity contribution in [3.8, 4) is 0 Å². The number of rotatable bonds is 7. The molecule has 0 heterocycles. The molecule has 32 heavy (non-hydrogen) atoms. The van der Waals surface area contributed by atoms with Gasteiger partial charge in [0.05, 0.1) is 11.9 Å². The zero-order chi connectivity index (χ0) is 21.5. The highest BCUT2D eigenvalue weighted by Gasteiger charge is 2.45. The quantitative estimate of drug-likeness (QED) is 0.178. The third-order valence-electron chi connectivity index (χ3n) is 5.82. The summed E-state index contributed by atoms with van der Waals surface area (Å²) in [6.45, 7) is 2.10. The molecular weight excluding hydrogens is 475 g/mol. The predicted molar refractivity (Wildman–Crippen MR) is 137 cm³/mol. The van der Waals surface area contributed by atoms with Crippen molar-refractivity contribution >= 4 is 28.9 Å². The molecule has 0 fully saturated rings.